The minimum absolute atomic E-state index is 0.0133. The van der Waals surface area contributed by atoms with Crippen LogP contribution in [0.1, 0.15) is 21.5 Å². The van der Waals surface area contributed by atoms with Gasteiger partial charge in [-0.25, -0.2) is 0 Å². The molecule has 4 nitrogen and oxygen atoms in total. The number of fused-ring (bicyclic) bond motifs is 1. The predicted molar refractivity (Wildman–Crippen MR) is 101 cm³/mol. The third-order valence-corrected chi connectivity index (χ3v) is 4.63. The van der Waals surface area contributed by atoms with E-state index in [-0.39, 0.29) is 5.91 Å². The van der Waals surface area contributed by atoms with E-state index in [1.807, 2.05) is 35.2 Å². The van der Waals surface area contributed by atoms with Gasteiger partial charge in [0.05, 0.1) is 12.1 Å². The van der Waals surface area contributed by atoms with Gasteiger partial charge in [0.1, 0.15) is 12.4 Å². The molecule has 1 aliphatic rings. The number of nitrogens with zero attached hydrogens (tertiary/aromatic N) is 2. The zero-order valence-corrected chi connectivity index (χ0v) is 14.7. The van der Waals surface area contributed by atoms with Crippen molar-refractivity contribution in [3.8, 4) is 16.9 Å². The summed E-state index contributed by atoms with van der Waals surface area (Å²) in [5.74, 6) is 0.662. The Morgan fingerprint density at radius 3 is 2.54 bits per heavy atom. The number of benzene rings is 2. The Morgan fingerprint density at radius 1 is 1.00 bits per heavy atom. The maximum Gasteiger partial charge on any atom is 0.258 e. The van der Waals surface area contributed by atoms with Crippen molar-refractivity contribution in [2.24, 2.45) is 0 Å². The highest BCUT2D eigenvalue weighted by molar-refractivity contribution is 5.98. The normalized spacial score (nSPS) is 13.7. The van der Waals surface area contributed by atoms with Gasteiger partial charge >= 0.3 is 0 Å². The zero-order valence-electron chi connectivity index (χ0n) is 14.7. The molecule has 0 spiro atoms. The number of amides is 1. The second-order valence-corrected chi connectivity index (χ2v) is 6.51. The third kappa shape index (κ3) is 3.31. The molecule has 26 heavy (non-hydrogen) atoms. The Hall–Kier alpha value is -3.14. The van der Waals surface area contributed by atoms with Gasteiger partial charge in [-0.15, -0.1) is 0 Å². The molecule has 0 bridgehead atoms. The van der Waals surface area contributed by atoms with Crippen LogP contribution in [0.3, 0.4) is 0 Å². The minimum atomic E-state index is 0.0133. The highest BCUT2D eigenvalue weighted by Crippen LogP contribution is 2.30. The van der Waals surface area contributed by atoms with Crippen molar-refractivity contribution in [3.63, 3.8) is 0 Å². The van der Waals surface area contributed by atoms with Crippen molar-refractivity contribution >= 4 is 5.91 Å². The molecule has 0 aliphatic carbocycles. The molecule has 0 radical (unpaired) electrons. The molecule has 2 aromatic carbocycles. The van der Waals surface area contributed by atoms with Crippen molar-refractivity contribution in [3.05, 3.63) is 83.7 Å². The Kier molecular flexibility index (Phi) is 4.40. The lowest BCUT2D eigenvalue weighted by atomic mass is 10.0. The summed E-state index contributed by atoms with van der Waals surface area (Å²) in [4.78, 5) is 18.9. The number of pyridine rings is 1. The standard InChI is InChI=1S/C22H20N2O2/c1-16-2-4-17(5-3-16)15-24-12-13-26-21-14-19(6-7-20(21)22(24)25)18-8-10-23-11-9-18/h2-11,14H,12-13,15H2,1H3. The van der Waals surface area contributed by atoms with E-state index < -0.39 is 0 Å². The lowest BCUT2D eigenvalue weighted by Crippen LogP contribution is -2.31. The fourth-order valence-corrected chi connectivity index (χ4v) is 3.14. The van der Waals surface area contributed by atoms with E-state index in [0.29, 0.717) is 31.0 Å². The first kappa shape index (κ1) is 16.3. The van der Waals surface area contributed by atoms with Crippen LogP contribution in [0.25, 0.3) is 11.1 Å². The number of ether oxygens (including phenoxy) is 1. The van der Waals surface area contributed by atoms with Crippen molar-refractivity contribution in [1.29, 1.82) is 0 Å². The van der Waals surface area contributed by atoms with Gasteiger partial charge in [0.15, 0.2) is 0 Å². The predicted octanol–water partition coefficient (Wildman–Crippen LogP) is 4.09. The molecule has 1 amide bonds. The smallest absolute Gasteiger partial charge is 0.258 e. The average Bonchev–Trinajstić information content (AvgIpc) is 2.83. The highest BCUT2D eigenvalue weighted by Gasteiger charge is 2.24. The molecule has 0 saturated heterocycles. The first-order chi connectivity index (χ1) is 12.7. The second-order valence-electron chi connectivity index (χ2n) is 6.51. The number of hydrogen-bond acceptors (Lipinski definition) is 3. The maximum atomic E-state index is 13.0. The van der Waals surface area contributed by atoms with Gasteiger partial charge in [-0.3, -0.25) is 9.78 Å². The lowest BCUT2D eigenvalue weighted by molar-refractivity contribution is 0.0743. The Balaban J connectivity index is 1.61. The molecule has 0 fully saturated rings. The highest BCUT2D eigenvalue weighted by atomic mass is 16.5. The number of carbonyl (C=O) groups is 1. The summed E-state index contributed by atoms with van der Waals surface area (Å²) in [6.45, 7) is 3.72. The van der Waals surface area contributed by atoms with Crippen molar-refractivity contribution in [2.75, 3.05) is 13.2 Å². The van der Waals surface area contributed by atoms with E-state index in [4.69, 9.17) is 4.74 Å². The van der Waals surface area contributed by atoms with Crippen molar-refractivity contribution in [2.45, 2.75) is 13.5 Å². The quantitative estimate of drug-likeness (QED) is 0.719. The number of hydrogen-bond donors (Lipinski definition) is 0. The van der Waals surface area contributed by atoms with Crippen LogP contribution < -0.4 is 4.74 Å². The SMILES string of the molecule is Cc1ccc(CN2CCOc3cc(-c4ccncc4)ccc3C2=O)cc1. The van der Waals surface area contributed by atoms with Gasteiger partial charge in [-0.05, 0) is 47.9 Å². The van der Waals surface area contributed by atoms with Crippen LogP contribution >= 0.6 is 0 Å². The van der Waals surface area contributed by atoms with Gasteiger partial charge in [0.25, 0.3) is 5.91 Å². The Morgan fingerprint density at radius 2 is 1.77 bits per heavy atom. The molecule has 1 aliphatic heterocycles. The summed E-state index contributed by atoms with van der Waals surface area (Å²) in [5.41, 5.74) is 5.03. The van der Waals surface area contributed by atoms with E-state index in [2.05, 4.69) is 36.2 Å². The Bertz CT molecular complexity index is 921. The topological polar surface area (TPSA) is 42.4 Å². The zero-order chi connectivity index (χ0) is 17.9. The molecule has 4 rings (SSSR count). The van der Waals surface area contributed by atoms with Gasteiger partial charge < -0.3 is 9.64 Å². The molecule has 0 unspecified atom stereocenters. The number of aromatic nitrogens is 1. The van der Waals surface area contributed by atoms with Gasteiger partial charge in [0.2, 0.25) is 0 Å². The van der Waals surface area contributed by atoms with E-state index in [9.17, 15) is 4.79 Å². The van der Waals surface area contributed by atoms with Crippen LogP contribution in [0, 0.1) is 6.92 Å². The van der Waals surface area contributed by atoms with Crippen LogP contribution in [0.5, 0.6) is 5.75 Å². The van der Waals surface area contributed by atoms with Gasteiger partial charge in [-0.2, -0.15) is 0 Å². The molecule has 0 saturated carbocycles. The van der Waals surface area contributed by atoms with Crippen LogP contribution in [-0.2, 0) is 6.54 Å². The molecule has 3 aromatic rings. The number of carbonyl (C=O) groups excluding carboxylic acids is 1. The van der Waals surface area contributed by atoms with E-state index in [1.54, 1.807) is 12.4 Å². The fraction of sp³-hybridized carbons (Fsp3) is 0.182. The van der Waals surface area contributed by atoms with Gasteiger partial charge in [0, 0.05) is 18.9 Å². The average molecular weight is 344 g/mol. The summed E-state index contributed by atoms with van der Waals surface area (Å²) < 4.78 is 5.89. The maximum absolute atomic E-state index is 13.0. The molecule has 0 N–H and O–H groups in total. The molecule has 2 heterocycles. The summed E-state index contributed by atoms with van der Waals surface area (Å²) in [6, 6.07) is 18.0. The third-order valence-electron chi connectivity index (χ3n) is 4.63. The lowest BCUT2D eigenvalue weighted by Gasteiger charge is -2.20. The Labute approximate surface area is 153 Å². The summed E-state index contributed by atoms with van der Waals surface area (Å²) in [7, 11) is 0. The summed E-state index contributed by atoms with van der Waals surface area (Å²) >= 11 is 0. The molecular weight excluding hydrogens is 324 g/mol. The molecular formula is C22H20N2O2. The fourth-order valence-electron chi connectivity index (χ4n) is 3.14. The molecule has 4 heteroatoms. The van der Waals surface area contributed by atoms with Gasteiger partial charge in [-0.1, -0.05) is 35.9 Å². The van der Waals surface area contributed by atoms with E-state index >= 15 is 0 Å². The van der Waals surface area contributed by atoms with Crippen molar-refractivity contribution < 1.29 is 9.53 Å². The van der Waals surface area contributed by atoms with E-state index in [1.165, 1.54) is 5.56 Å². The van der Waals surface area contributed by atoms with E-state index in [0.717, 1.165) is 16.7 Å². The van der Waals surface area contributed by atoms with Crippen LogP contribution in [-0.4, -0.2) is 28.9 Å². The van der Waals surface area contributed by atoms with Crippen LogP contribution in [0.4, 0.5) is 0 Å². The van der Waals surface area contributed by atoms with Crippen LogP contribution in [0.15, 0.2) is 67.0 Å². The minimum Gasteiger partial charge on any atom is -0.491 e. The van der Waals surface area contributed by atoms with Crippen molar-refractivity contribution in [1.82, 2.24) is 9.88 Å². The summed E-state index contributed by atoms with van der Waals surface area (Å²) in [5, 5.41) is 0. The monoisotopic (exact) mass is 344 g/mol. The number of rotatable bonds is 3. The largest absolute Gasteiger partial charge is 0.491 e. The molecule has 1 aromatic heterocycles. The molecule has 0 atom stereocenters. The molecule has 130 valence electrons. The second kappa shape index (κ2) is 7.00. The number of aryl methyl sites for hydroxylation is 1. The first-order valence-corrected chi connectivity index (χ1v) is 8.73. The summed E-state index contributed by atoms with van der Waals surface area (Å²) in [6.07, 6.45) is 3.52. The first-order valence-electron chi connectivity index (χ1n) is 8.73. The van der Waals surface area contributed by atoms with Crippen LogP contribution in [0.2, 0.25) is 0 Å².